The fraction of sp³-hybridized carbons (Fsp3) is 0.118. The maximum absolute atomic E-state index is 12.2. The monoisotopic (exact) mass is 313 g/mol. The van der Waals surface area contributed by atoms with Gasteiger partial charge in [0.05, 0.1) is 5.69 Å². The van der Waals surface area contributed by atoms with Gasteiger partial charge in [-0.25, -0.2) is 4.79 Å². The Morgan fingerprint density at radius 1 is 1.14 bits per heavy atom. The summed E-state index contributed by atoms with van der Waals surface area (Å²) in [6.45, 7) is 1.92. The predicted molar refractivity (Wildman–Crippen MR) is 91.7 cm³/mol. The van der Waals surface area contributed by atoms with Crippen molar-refractivity contribution < 1.29 is 4.79 Å². The number of hydrogen-bond donors (Lipinski definition) is 2. The number of para-hydroxylation sites is 1. The van der Waals surface area contributed by atoms with Crippen LogP contribution in [0.2, 0.25) is 5.02 Å². The van der Waals surface area contributed by atoms with Crippen molar-refractivity contribution in [2.45, 2.75) is 6.92 Å². The van der Waals surface area contributed by atoms with Crippen molar-refractivity contribution >= 4 is 39.9 Å². The lowest BCUT2D eigenvalue weighted by molar-refractivity contribution is 0.262. The second-order valence-electron chi connectivity index (χ2n) is 5.21. The number of aryl methyl sites for hydroxylation is 2. The van der Waals surface area contributed by atoms with Crippen LogP contribution >= 0.6 is 11.6 Å². The Kier molecular flexibility index (Phi) is 3.77. The van der Waals surface area contributed by atoms with Gasteiger partial charge in [-0.3, -0.25) is 0 Å². The lowest BCUT2D eigenvalue weighted by atomic mass is 10.2. The van der Waals surface area contributed by atoms with Crippen LogP contribution in [0.4, 0.5) is 16.2 Å². The molecule has 0 fully saturated rings. The molecule has 0 atom stereocenters. The Balaban J connectivity index is 1.80. The highest BCUT2D eigenvalue weighted by atomic mass is 35.5. The van der Waals surface area contributed by atoms with E-state index in [1.807, 2.05) is 61.1 Å². The highest BCUT2D eigenvalue weighted by molar-refractivity contribution is 6.31. The second kappa shape index (κ2) is 5.73. The molecule has 0 unspecified atom stereocenters. The number of benzene rings is 2. The van der Waals surface area contributed by atoms with Gasteiger partial charge in [-0.1, -0.05) is 35.9 Å². The van der Waals surface area contributed by atoms with Crippen LogP contribution in [-0.4, -0.2) is 10.6 Å². The van der Waals surface area contributed by atoms with Crippen LogP contribution in [0.25, 0.3) is 10.9 Å². The number of carbonyl (C=O) groups is 1. The molecule has 0 bridgehead atoms. The van der Waals surface area contributed by atoms with Gasteiger partial charge < -0.3 is 15.2 Å². The summed E-state index contributed by atoms with van der Waals surface area (Å²) < 4.78 is 1.98. The first-order chi connectivity index (χ1) is 10.5. The SMILES string of the molecule is Cc1ccc(NC(=O)Nc2cn(C)c3ccccc23)cc1Cl. The topological polar surface area (TPSA) is 46.1 Å². The standard InChI is InChI=1S/C17H16ClN3O/c1-11-7-8-12(9-14(11)18)19-17(22)20-15-10-21(2)16-6-4-3-5-13(15)16/h3-10H,1-2H3,(H2,19,20,22). The van der Waals surface area contributed by atoms with Gasteiger partial charge in [-0.05, 0) is 30.7 Å². The van der Waals surface area contributed by atoms with Crippen molar-refractivity contribution in [1.29, 1.82) is 0 Å². The zero-order valence-electron chi connectivity index (χ0n) is 12.4. The summed E-state index contributed by atoms with van der Waals surface area (Å²) in [6, 6.07) is 13.0. The molecule has 0 aliphatic heterocycles. The summed E-state index contributed by atoms with van der Waals surface area (Å²) in [5, 5.41) is 7.29. The number of hydrogen-bond acceptors (Lipinski definition) is 1. The van der Waals surface area contributed by atoms with Crippen LogP contribution in [0, 0.1) is 6.92 Å². The lowest BCUT2D eigenvalue weighted by Crippen LogP contribution is -2.19. The third kappa shape index (κ3) is 2.78. The van der Waals surface area contributed by atoms with Crippen molar-refractivity contribution in [3.63, 3.8) is 0 Å². The number of aromatic nitrogens is 1. The molecule has 2 amide bonds. The largest absolute Gasteiger partial charge is 0.348 e. The van der Waals surface area contributed by atoms with Crippen LogP contribution in [0.1, 0.15) is 5.56 Å². The summed E-state index contributed by atoms with van der Waals surface area (Å²) in [5.41, 5.74) is 3.47. The lowest BCUT2D eigenvalue weighted by Gasteiger charge is -2.08. The Bertz CT molecular complexity index is 854. The molecule has 2 aromatic carbocycles. The van der Waals surface area contributed by atoms with Gasteiger partial charge in [0.1, 0.15) is 0 Å². The normalized spacial score (nSPS) is 10.7. The predicted octanol–water partition coefficient (Wildman–Crippen LogP) is 4.78. The number of amides is 2. The quantitative estimate of drug-likeness (QED) is 0.702. The summed E-state index contributed by atoms with van der Waals surface area (Å²) >= 11 is 6.06. The first kappa shape index (κ1) is 14.5. The van der Waals surface area contributed by atoms with Crippen molar-refractivity contribution in [1.82, 2.24) is 4.57 Å². The van der Waals surface area contributed by atoms with Crippen molar-refractivity contribution in [3.05, 3.63) is 59.2 Å². The molecule has 5 heteroatoms. The number of halogens is 1. The van der Waals surface area contributed by atoms with Crippen LogP contribution in [0.5, 0.6) is 0 Å². The van der Waals surface area contributed by atoms with Gasteiger partial charge in [0.25, 0.3) is 0 Å². The van der Waals surface area contributed by atoms with Crippen molar-refractivity contribution in [2.75, 3.05) is 10.6 Å². The minimum atomic E-state index is -0.295. The molecule has 3 aromatic rings. The fourth-order valence-electron chi connectivity index (χ4n) is 2.40. The van der Waals surface area contributed by atoms with E-state index in [4.69, 9.17) is 11.6 Å². The van der Waals surface area contributed by atoms with Gasteiger partial charge in [-0.15, -0.1) is 0 Å². The number of nitrogens with zero attached hydrogens (tertiary/aromatic N) is 1. The van der Waals surface area contributed by atoms with Crippen LogP contribution in [0.3, 0.4) is 0 Å². The van der Waals surface area contributed by atoms with E-state index in [-0.39, 0.29) is 6.03 Å². The Morgan fingerprint density at radius 3 is 2.68 bits per heavy atom. The van der Waals surface area contributed by atoms with Gasteiger partial charge in [0, 0.05) is 34.9 Å². The molecule has 22 heavy (non-hydrogen) atoms. The zero-order valence-corrected chi connectivity index (χ0v) is 13.1. The molecule has 0 aliphatic carbocycles. The van der Waals surface area contributed by atoms with Crippen LogP contribution < -0.4 is 10.6 Å². The number of urea groups is 1. The summed E-state index contributed by atoms with van der Waals surface area (Å²) in [7, 11) is 1.95. The number of nitrogens with one attached hydrogen (secondary N) is 2. The van der Waals surface area contributed by atoms with Gasteiger partial charge in [0.2, 0.25) is 0 Å². The number of anilines is 2. The molecule has 0 aliphatic rings. The van der Waals surface area contributed by atoms with E-state index >= 15 is 0 Å². The summed E-state index contributed by atoms with van der Waals surface area (Å²) in [5.74, 6) is 0. The van der Waals surface area contributed by atoms with E-state index in [1.54, 1.807) is 6.07 Å². The molecule has 0 saturated heterocycles. The summed E-state index contributed by atoms with van der Waals surface area (Å²) in [4.78, 5) is 12.2. The molecule has 3 rings (SSSR count). The highest BCUT2D eigenvalue weighted by Crippen LogP contribution is 2.25. The zero-order chi connectivity index (χ0) is 15.7. The molecule has 0 radical (unpaired) electrons. The van der Waals surface area contributed by atoms with Crippen molar-refractivity contribution in [2.24, 2.45) is 7.05 Å². The van der Waals surface area contributed by atoms with Gasteiger partial charge in [-0.2, -0.15) is 0 Å². The van der Waals surface area contributed by atoms with E-state index in [9.17, 15) is 4.79 Å². The number of rotatable bonds is 2. The highest BCUT2D eigenvalue weighted by Gasteiger charge is 2.09. The second-order valence-corrected chi connectivity index (χ2v) is 5.62. The molecule has 112 valence electrons. The van der Waals surface area contributed by atoms with E-state index in [0.29, 0.717) is 10.7 Å². The average molecular weight is 314 g/mol. The van der Waals surface area contributed by atoms with Crippen molar-refractivity contribution in [3.8, 4) is 0 Å². The van der Waals surface area contributed by atoms with E-state index < -0.39 is 0 Å². The smallest absolute Gasteiger partial charge is 0.323 e. The maximum Gasteiger partial charge on any atom is 0.323 e. The van der Waals surface area contributed by atoms with E-state index in [0.717, 1.165) is 22.2 Å². The molecular formula is C17H16ClN3O. The van der Waals surface area contributed by atoms with Crippen LogP contribution in [0.15, 0.2) is 48.7 Å². The molecule has 1 aromatic heterocycles. The van der Waals surface area contributed by atoms with Crippen LogP contribution in [-0.2, 0) is 7.05 Å². The maximum atomic E-state index is 12.2. The molecule has 1 heterocycles. The fourth-order valence-corrected chi connectivity index (χ4v) is 2.58. The van der Waals surface area contributed by atoms with Gasteiger partial charge >= 0.3 is 6.03 Å². The Hall–Kier alpha value is -2.46. The average Bonchev–Trinajstić information content (AvgIpc) is 2.80. The molecular weight excluding hydrogens is 298 g/mol. The first-order valence-corrected chi connectivity index (χ1v) is 7.30. The minimum absolute atomic E-state index is 0.295. The Morgan fingerprint density at radius 2 is 1.91 bits per heavy atom. The Labute approximate surface area is 133 Å². The van der Waals surface area contributed by atoms with Gasteiger partial charge in [0.15, 0.2) is 0 Å². The third-order valence-corrected chi connectivity index (χ3v) is 3.98. The first-order valence-electron chi connectivity index (χ1n) is 6.93. The molecule has 4 nitrogen and oxygen atoms in total. The van der Waals surface area contributed by atoms with E-state index in [2.05, 4.69) is 10.6 Å². The van der Waals surface area contributed by atoms with E-state index in [1.165, 1.54) is 0 Å². The molecule has 2 N–H and O–H groups in total. The number of fused-ring (bicyclic) bond motifs is 1. The minimum Gasteiger partial charge on any atom is -0.348 e. The third-order valence-electron chi connectivity index (χ3n) is 3.57. The number of carbonyl (C=O) groups excluding carboxylic acids is 1. The molecule has 0 spiro atoms. The summed E-state index contributed by atoms with van der Waals surface area (Å²) in [6.07, 6.45) is 1.90. The molecule has 0 saturated carbocycles.